The van der Waals surface area contributed by atoms with E-state index in [1.807, 2.05) is 0 Å². The normalized spacial score (nSPS) is 11.2. The van der Waals surface area contributed by atoms with Crippen molar-refractivity contribution in [3.63, 3.8) is 0 Å². The van der Waals surface area contributed by atoms with Crippen molar-refractivity contribution < 1.29 is 14.6 Å². The first-order chi connectivity index (χ1) is 13.5. The molecular formula is C20H15ClN3O3S-. The molecule has 0 saturated carbocycles. The number of aromatic amines is 1. The summed E-state index contributed by atoms with van der Waals surface area (Å²) in [5.41, 5.74) is 1.44. The molecule has 1 N–H and O–H groups in total. The van der Waals surface area contributed by atoms with Gasteiger partial charge in [-0.15, -0.1) is 5.10 Å². The second-order valence-electron chi connectivity index (χ2n) is 5.54. The van der Waals surface area contributed by atoms with E-state index in [1.165, 1.54) is 6.08 Å². The Kier molecular flexibility index (Phi) is 6.52. The van der Waals surface area contributed by atoms with Crippen LogP contribution in [0, 0.1) is 0 Å². The Morgan fingerprint density at radius 2 is 2.07 bits per heavy atom. The van der Waals surface area contributed by atoms with E-state index in [4.69, 9.17) is 16.3 Å². The number of nitrogens with zero attached hydrogens (tertiary/aromatic N) is 2. The highest BCUT2D eigenvalue weighted by molar-refractivity contribution is 8.04. The smallest absolute Gasteiger partial charge is 0.213 e. The zero-order chi connectivity index (χ0) is 19.9. The number of carbonyl (C=O) groups is 1. The summed E-state index contributed by atoms with van der Waals surface area (Å²) in [6.45, 7) is 3.96. The van der Waals surface area contributed by atoms with Crippen molar-refractivity contribution in [3.8, 4) is 17.1 Å². The lowest BCUT2D eigenvalue weighted by molar-refractivity contribution is -0.297. The molecule has 0 bridgehead atoms. The van der Waals surface area contributed by atoms with Crippen LogP contribution in [-0.2, 0) is 4.79 Å². The van der Waals surface area contributed by atoms with Gasteiger partial charge in [0.2, 0.25) is 5.16 Å². The van der Waals surface area contributed by atoms with Gasteiger partial charge in [-0.2, -0.15) is 0 Å². The highest BCUT2D eigenvalue weighted by Crippen LogP contribution is 2.28. The standard InChI is InChI=1S/C20H16ClN3O3S/c1-2-10-27-16-5-3-4-13(11-16)12-17(19(25)26)28-20-22-18(23-24-20)14-6-8-15(21)9-7-14/h2-9,11-12H,1,10H2,(H,25,26)(H,22,23,24)/p-1/b17-12-. The van der Waals surface area contributed by atoms with Gasteiger partial charge in [0.25, 0.3) is 0 Å². The summed E-state index contributed by atoms with van der Waals surface area (Å²) < 4.78 is 5.46. The molecule has 0 fully saturated rings. The van der Waals surface area contributed by atoms with Crippen LogP contribution in [0.25, 0.3) is 17.5 Å². The number of carboxylic acids is 1. The molecule has 0 atom stereocenters. The number of nitrogens with one attached hydrogen (secondary N) is 1. The molecule has 142 valence electrons. The van der Waals surface area contributed by atoms with Crippen molar-refractivity contribution in [2.75, 3.05) is 6.61 Å². The van der Waals surface area contributed by atoms with E-state index in [-0.39, 0.29) is 10.1 Å². The number of carboxylic acid groups (broad SMARTS) is 1. The SMILES string of the molecule is C=CCOc1cccc(/C=C(\Sc2n[nH]c(-c3ccc(Cl)cc3)n2)C(=O)[O-])c1. The van der Waals surface area contributed by atoms with Crippen molar-refractivity contribution >= 4 is 35.4 Å². The molecule has 0 aliphatic heterocycles. The number of carbonyl (C=O) groups excluding carboxylic acids is 1. The second-order valence-corrected chi connectivity index (χ2v) is 6.99. The third kappa shape index (κ3) is 5.25. The number of aliphatic carboxylic acids is 1. The Morgan fingerprint density at radius 3 is 2.79 bits per heavy atom. The molecule has 0 saturated heterocycles. The molecular weight excluding hydrogens is 398 g/mol. The van der Waals surface area contributed by atoms with Crippen LogP contribution >= 0.6 is 23.4 Å². The Hall–Kier alpha value is -3.03. The number of H-pyrrole nitrogens is 1. The molecule has 3 rings (SSSR count). The predicted octanol–water partition coefficient (Wildman–Crippen LogP) is 3.57. The zero-order valence-corrected chi connectivity index (χ0v) is 16.2. The quantitative estimate of drug-likeness (QED) is 0.345. The Labute approximate surface area is 170 Å². The molecule has 0 radical (unpaired) electrons. The van der Waals surface area contributed by atoms with Crippen molar-refractivity contribution in [1.29, 1.82) is 0 Å². The van der Waals surface area contributed by atoms with Gasteiger partial charge in [-0.3, -0.25) is 5.10 Å². The third-order valence-electron chi connectivity index (χ3n) is 3.51. The molecule has 1 heterocycles. The van der Waals surface area contributed by atoms with E-state index in [0.717, 1.165) is 17.3 Å². The highest BCUT2D eigenvalue weighted by atomic mass is 35.5. The van der Waals surface area contributed by atoms with Crippen LogP contribution in [0.5, 0.6) is 5.75 Å². The molecule has 0 spiro atoms. The van der Waals surface area contributed by atoms with E-state index < -0.39 is 5.97 Å². The summed E-state index contributed by atoms with van der Waals surface area (Å²) in [5.74, 6) is -0.198. The fraction of sp³-hybridized carbons (Fsp3) is 0.0500. The number of benzene rings is 2. The fourth-order valence-corrected chi connectivity index (χ4v) is 3.09. The van der Waals surface area contributed by atoms with E-state index >= 15 is 0 Å². The largest absolute Gasteiger partial charge is 0.544 e. The predicted molar refractivity (Wildman–Crippen MR) is 108 cm³/mol. The van der Waals surface area contributed by atoms with Crippen LogP contribution in [0.4, 0.5) is 0 Å². The monoisotopic (exact) mass is 412 g/mol. The second kappa shape index (κ2) is 9.25. The zero-order valence-electron chi connectivity index (χ0n) is 14.6. The van der Waals surface area contributed by atoms with E-state index in [9.17, 15) is 9.90 Å². The summed E-state index contributed by atoms with van der Waals surface area (Å²) in [6.07, 6.45) is 3.12. The maximum absolute atomic E-state index is 11.6. The van der Waals surface area contributed by atoms with Crippen LogP contribution < -0.4 is 9.84 Å². The van der Waals surface area contributed by atoms with Crippen molar-refractivity contribution in [1.82, 2.24) is 15.2 Å². The molecule has 0 unspecified atom stereocenters. The molecule has 1 aromatic heterocycles. The average Bonchev–Trinajstić information content (AvgIpc) is 3.15. The van der Waals surface area contributed by atoms with Crippen molar-refractivity contribution in [3.05, 3.63) is 76.7 Å². The Morgan fingerprint density at radius 1 is 1.29 bits per heavy atom. The van der Waals surface area contributed by atoms with Gasteiger partial charge in [0.1, 0.15) is 12.4 Å². The maximum Gasteiger partial charge on any atom is 0.213 e. The topological polar surface area (TPSA) is 90.9 Å². The minimum Gasteiger partial charge on any atom is -0.544 e. The van der Waals surface area contributed by atoms with Gasteiger partial charge in [-0.05, 0) is 59.8 Å². The summed E-state index contributed by atoms with van der Waals surface area (Å²) in [4.78, 5) is 15.8. The van der Waals surface area contributed by atoms with E-state index in [0.29, 0.717) is 28.8 Å². The van der Waals surface area contributed by atoms with Crippen LogP contribution in [-0.4, -0.2) is 27.8 Å². The Balaban J connectivity index is 1.80. The Bertz CT molecular complexity index is 1020. The van der Waals surface area contributed by atoms with Crippen LogP contribution in [0.2, 0.25) is 5.02 Å². The number of halogens is 1. The maximum atomic E-state index is 11.6. The first kappa shape index (κ1) is 19.7. The van der Waals surface area contributed by atoms with Gasteiger partial charge in [0.15, 0.2) is 5.82 Å². The molecule has 0 aliphatic carbocycles. The number of thioether (sulfide) groups is 1. The summed E-state index contributed by atoms with van der Waals surface area (Å²) in [6, 6.07) is 14.1. The molecule has 0 aliphatic rings. The van der Waals surface area contributed by atoms with Gasteiger partial charge < -0.3 is 14.6 Å². The van der Waals surface area contributed by atoms with Gasteiger partial charge in [0, 0.05) is 15.5 Å². The number of aromatic nitrogens is 3. The van der Waals surface area contributed by atoms with Gasteiger partial charge in [-0.1, -0.05) is 36.4 Å². The summed E-state index contributed by atoms with van der Waals surface area (Å²) in [7, 11) is 0. The third-order valence-corrected chi connectivity index (χ3v) is 4.63. The number of hydrogen-bond donors (Lipinski definition) is 1. The molecule has 0 amide bonds. The highest BCUT2D eigenvalue weighted by Gasteiger charge is 2.10. The average molecular weight is 413 g/mol. The van der Waals surface area contributed by atoms with Crippen LogP contribution in [0.3, 0.4) is 0 Å². The molecule has 8 heteroatoms. The number of hydrogen-bond acceptors (Lipinski definition) is 6. The van der Waals surface area contributed by atoms with Crippen molar-refractivity contribution in [2.45, 2.75) is 5.16 Å². The van der Waals surface area contributed by atoms with Gasteiger partial charge in [-0.25, -0.2) is 4.98 Å². The summed E-state index contributed by atoms with van der Waals surface area (Å²) in [5, 5.41) is 19.3. The molecule has 28 heavy (non-hydrogen) atoms. The molecule has 6 nitrogen and oxygen atoms in total. The summed E-state index contributed by atoms with van der Waals surface area (Å²) >= 11 is 6.78. The van der Waals surface area contributed by atoms with Gasteiger partial charge >= 0.3 is 0 Å². The van der Waals surface area contributed by atoms with Crippen LogP contribution in [0.1, 0.15) is 5.56 Å². The minimum atomic E-state index is -1.32. The van der Waals surface area contributed by atoms with Gasteiger partial charge in [0.05, 0.1) is 5.97 Å². The number of rotatable bonds is 8. The van der Waals surface area contributed by atoms with E-state index in [1.54, 1.807) is 54.6 Å². The lowest BCUT2D eigenvalue weighted by Gasteiger charge is -2.07. The lowest BCUT2D eigenvalue weighted by Crippen LogP contribution is -2.23. The van der Waals surface area contributed by atoms with E-state index in [2.05, 4.69) is 21.8 Å². The fourth-order valence-electron chi connectivity index (χ4n) is 2.26. The first-order valence-electron chi connectivity index (χ1n) is 8.18. The van der Waals surface area contributed by atoms with Crippen molar-refractivity contribution in [2.24, 2.45) is 0 Å². The minimum absolute atomic E-state index is 0.0254. The molecule has 3 aromatic rings. The first-order valence-corrected chi connectivity index (χ1v) is 9.37. The number of ether oxygens (including phenoxy) is 1. The molecule has 2 aromatic carbocycles. The van der Waals surface area contributed by atoms with Crippen LogP contribution in [0.15, 0.2) is 71.2 Å². The lowest BCUT2D eigenvalue weighted by atomic mass is 10.2.